The van der Waals surface area contributed by atoms with Gasteiger partial charge in [-0.05, 0) is 12.1 Å². The van der Waals surface area contributed by atoms with Gasteiger partial charge < -0.3 is 4.90 Å². The summed E-state index contributed by atoms with van der Waals surface area (Å²) in [6, 6.07) is 9.66. The molecule has 1 rings (SSSR count). The molecule has 4 heteroatoms. The van der Waals surface area contributed by atoms with E-state index < -0.39 is 0 Å². The number of anilines is 1. The predicted molar refractivity (Wildman–Crippen MR) is 62.0 cm³/mol. The first kappa shape index (κ1) is 11.2. The van der Waals surface area contributed by atoms with Crippen molar-refractivity contribution in [3.05, 3.63) is 30.3 Å². The maximum atomic E-state index is 10.7. The Morgan fingerprint density at radius 3 is 2.27 bits per heavy atom. The fraction of sp³-hybridized carbons (Fsp3) is 0.273. The Hall–Kier alpha value is -1.84. The molecule has 0 aromatic heterocycles. The van der Waals surface area contributed by atoms with Gasteiger partial charge in [-0.3, -0.25) is 9.80 Å². The highest BCUT2D eigenvalue weighted by atomic mass is 16.1. The molecular weight excluding hydrogens is 190 g/mol. The third-order valence-corrected chi connectivity index (χ3v) is 1.95. The Morgan fingerprint density at radius 1 is 1.20 bits per heavy atom. The van der Waals surface area contributed by atoms with Gasteiger partial charge in [0.25, 0.3) is 0 Å². The number of para-hydroxylation sites is 1. The Bertz CT molecular complexity index is 346. The number of rotatable bonds is 3. The zero-order chi connectivity index (χ0) is 11.3. The van der Waals surface area contributed by atoms with Crippen molar-refractivity contribution in [1.82, 2.24) is 4.90 Å². The van der Waals surface area contributed by atoms with E-state index in [1.54, 1.807) is 24.0 Å². The van der Waals surface area contributed by atoms with Crippen LogP contribution in [0.5, 0.6) is 0 Å². The van der Waals surface area contributed by atoms with Gasteiger partial charge in [0.05, 0.1) is 5.69 Å². The molecule has 0 heterocycles. The summed E-state index contributed by atoms with van der Waals surface area (Å²) in [7, 11) is 5.38. The molecule has 15 heavy (non-hydrogen) atoms. The molecule has 1 aromatic rings. The Morgan fingerprint density at radius 2 is 1.80 bits per heavy atom. The second kappa shape index (κ2) is 5.14. The monoisotopic (exact) mass is 205 g/mol. The summed E-state index contributed by atoms with van der Waals surface area (Å²) in [5.74, 6) is 0.390. The fourth-order valence-electron chi connectivity index (χ4n) is 1.07. The lowest BCUT2D eigenvalue weighted by molar-refractivity contribution is -0.103. The largest absolute Gasteiger partial charge is 0.359 e. The number of hydrogen-bond acceptors (Lipinski definition) is 3. The minimum absolute atomic E-state index is 0.390. The van der Waals surface area contributed by atoms with Crippen molar-refractivity contribution < 1.29 is 4.79 Å². The van der Waals surface area contributed by atoms with E-state index >= 15 is 0 Å². The van der Waals surface area contributed by atoms with Gasteiger partial charge in [-0.15, -0.1) is 0 Å². The lowest BCUT2D eigenvalue weighted by Crippen LogP contribution is -2.26. The minimum atomic E-state index is 0.390. The first-order valence-electron chi connectivity index (χ1n) is 4.65. The summed E-state index contributed by atoms with van der Waals surface area (Å²) < 4.78 is 0. The zero-order valence-electron chi connectivity index (χ0n) is 9.21. The maximum absolute atomic E-state index is 10.7. The van der Waals surface area contributed by atoms with Gasteiger partial charge in [-0.25, -0.2) is 0 Å². The highest BCUT2D eigenvalue weighted by Gasteiger charge is 2.02. The van der Waals surface area contributed by atoms with Crippen molar-refractivity contribution >= 4 is 17.8 Å². The fourth-order valence-corrected chi connectivity index (χ4v) is 1.07. The number of carbonyl (C=O) groups is 1. The Balaban J connectivity index is 2.86. The molecule has 0 saturated heterocycles. The van der Waals surface area contributed by atoms with Crippen LogP contribution in [0.1, 0.15) is 0 Å². The molecule has 1 aromatic carbocycles. The van der Waals surface area contributed by atoms with E-state index in [0.29, 0.717) is 5.84 Å². The van der Waals surface area contributed by atoms with Gasteiger partial charge in [0.15, 0.2) is 12.1 Å². The molecule has 0 saturated carbocycles. The van der Waals surface area contributed by atoms with Crippen LogP contribution in [0, 0.1) is 0 Å². The first-order valence-corrected chi connectivity index (χ1v) is 4.65. The highest BCUT2D eigenvalue weighted by molar-refractivity contribution is 6.26. The van der Waals surface area contributed by atoms with Crippen molar-refractivity contribution in [3.63, 3.8) is 0 Å². The van der Waals surface area contributed by atoms with E-state index in [-0.39, 0.29) is 0 Å². The minimum Gasteiger partial charge on any atom is -0.359 e. The molecule has 0 aliphatic carbocycles. The van der Waals surface area contributed by atoms with E-state index in [2.05, 4.69) is 5.10 Å². The van der Waals surface area contributed by atoms with Crippen LogP contribution < -0.4 is 5.01 Å². The van der Waals surface area contributed by atoms with E-state index in [9.17, 15) is 4.79 Å². The van der Waals surface area contributed by atoms with Crippen molar-refractivity contribution in [2.75, 3.05) is 26.2 Å². The third-order valence-electron chi connectivity index (χ3n) is 1.95. The molecule has 0 aliphatic heterocycles. The molecular formula is C11H15N3O. The summed E-state index contributed by atoms with van der Waals surface area (Å²) in [6.45, 7) is 0. The molecule has 0 aliphatic rings. The van der Waals surface area contributed by atoms with Gasteiger partial charge in [0.2, 0.25) is 0 Å². The van der Waals surface area contributed by atoms with Crippen LogP contribution in [0.3, 0.4) is 0 Å². The number of likely N-dealkylation sites (N-methyl/N-ethyl adjacent to an activating group) is 1. The molecule has 80 valence electrons. The average molecular weight is 205 g/mol. The lowest BCUT2D eigenvalue weighted by Gasteiger charge is -2.16. The van der Waals surface area contributed by atoms with Crippen molar-refractivity contribution in [1.29, 1.82) is 0 Å². The van der Waals surface area contributed by atoms with Gasteiger partial charge >= 0.3 is 0 Å². The van der Waals surface area contributed by atoms with E-state index in [1.807, 2.05) is 37.4 Å². The van der Waals surface area contributed by atoms with Crippen LogP contribution in [0.25, 0.3) is 0 Å². The molecule has 4 nitrogen and oxygen atoms in total. The summed E-state index contributed by atoms with van der Waals surface area (Å²) in [5, 5.41) is 5.84. The van der Waals surface area contributed by atoms with Crippen molar-refractivity contribution in [2.45, 2.75) is 0 Å². The number of hydrazone groups is 1. The second-order valence-corrected chi connectivity index (χ2v) is 3.33. The molecule has 0 bridgehead atoms. The number of aldehydes is 1. The molecule has 0 fully saturated rings. The molecule has 0 unspecified atom stereocenters. The van der Waals surface area contributed by atoms with E-state index in [4.69, 9.17) is 0 Å². The SMILES string of the molecule is CN(C)/C(C=O)=N\N(C)c1ccccc1. The number of benzene rings is 1. The van der Waals surface area contributed by atoms with Crippen molar-refractivity contribution in [2.24, 2.45) is 5.10 Å². The number of nitrogens with zero attached hydrogens (tertiary/aromatic N) is 3. The summed E-state index contributed by atoms with van der Waals surface area (Å²) in [4.78, 5) is 12.4. The van der Waals surface area contributed by atoms with Crippen molar-refractivity contribution in [3.8, 4) is 0 Å². The Labute approximate surface area is 89.8 Å². The zero-order valence-corrected chi connectivity index (χ0v) is 9.21. The van der Waals surface area contributed by atoms with E-state index in [0.717, 1.165) is 12.0 Å². The highest BCUT2D eigenvalue weighted by Crippen LogP contribution is 2.10. The number of carbonyl (C=O) groups excluding carboxylic acids is 1. The first-order chi connectivity index (χ1) is 7.15. The van der Waals surface area contributed by atoms with Crippen LogP contribution in [-0.4, -0.2) is 38.2 Å². The topological polar surface area (TPSA) is 35.9 Å². The van der Waals surface area contributed by atoms with Gasteiger partial charge in [0.1, 0.15) is 0 Å². The molecule has 0 atom stereocenters. The van der Waals surface area contributed by atoms with E-state index in [1.165, 1.54) is 0 Å². The molecule has 0 radical (unpaired) electrons. The smallest absolute Gasteiger partial charge is 0.188 e. The standard InChI is InChI=1S/C11H15N3O/c1-13(2)11(9-15)12-14(3)10-7-5-4-6-8-10/h4-9H,1-3H3/b12-11-. The number of hydrogen-bond donors (Lipinski definition) is 0. The van der Waals surface area contributed by atoms with Crippen LogP contribution in [-0.2, 0) is 4.79 Å². The molecule has 0 N–H and O–H groups in total. The second-order valence-electron chi connectivity index (χ2n) is 3.33. The summed E-state index contributed by atoms with van der Waals surface area (Å²) in [5.41, 5.74) is 0.943. The van der Waals surface area contributed by atoms with Crippen LogP contribution in [0.15, 0.2) is 35.4 Å². The van der Waals surface area contributed by atoms with Crippen LogP contribution >= 0.6 is 0 Å². The van der Waals surface area contributed by atoms with Gasteiger partial charge in [0, 0.05) is 21.1 Å². The van der Waals surface area contributed by atoms with Gasteiger partial charge in [-0.1, -0.05) is 18.2 Å². The predicted octanol–water partition coefficient (Wildman–Crippen LogP) is 1.20. The quantitative estimate of drug-likeness (QED) is 0.322. The average Bonchev–Trinajstić information content (AvgIpc) is 2.26. The molecule has 0 spiro atoms. The molecule has 0 amide bonds. The van der Waals surface area contributed by atoms with Gasteiger partial charge in [-0.2, -0.15) is 5.10 Å². The number of amidine groups is 1. The Kier molecular flexibility index (Phi) is 3.85. The van der Waals surface area contributed by atoms with Crippen LogP contribution in [0.4, 0.5) is 5.69 Å². The maximum Gasteiger partial charge on any atom is 0.188 e. The summed E-state index contributed by atoms with van der Waals surface area (Å²) in [6.07, 6.45) is 0.736. The summed E-state index contributed by atoms with van der Waals surface area (Å²) >= 11 is 0. The van der Waals surface area contributed by atoms with Crippen LogP contribution in [0.2, 0.25) is 0 Å². The third kappa shape index (κ3) is 3.09. The normalized spacial score (nSPS) is 11.0. The lowest BCUT2D eigenvalue weighted by atomic mass is 10.3.